The Morgan fingerprint density at radius 1 is 1.10 bits per heavy atom. The van der Waals surface area contributed by atoms with Gasteiger partial charge in [0.25, 0.3) is 5.56 Å². The van der Waals surface area contributed by atoms with Crippen LogP contribution in [0.1, 0.15) is 35.1 Å². The minimum atomic E-state index is -0.00582. The van der Waals surface area contributed by atoms with Gasteiger partial charge in [0.2, 0.25) is 0 Å². The zero-order valence-electron chi connectivity index (χ0n) is 12.0. The normalized spacial score (nSPS) is 14.0. The Kier molecular flexibility index (Phi) is 4.46. The van der Waals surface area contributed by atoms with Crippen molar-refractivity contribution in [1.29, 1.82) is 0 Å². The number of fused-ring (bicyclic) bond motifs is 1. The van der Waals surface area contributed by atoms with Crippen LogP contribution >= 0.6 is 11.8 Å². The van der Waals surface area contributed by atoms with Gasteiger partial charge in [0, 0.05) is 17.9 Å². The Morgan fingerprint density at radius 3 is 2.52 bits per heavy atom. The first-order valence-electron chi connectivity index (χ1n) is 7.43. The second-order valence-corrected chi connectivity index (χ2v) is 6.39. The molecule has 0 spiro atoms. The molecule has 3 nitrogen and oxygen atoms in total. The van der Waals surface area contributed by atoms with Crippen molar-refractivity contribution < 1.29 is 0 Å². The van der Waals surface area contributed by atoms with E-state index in [4.69, 9.17) is 5.73 Å². The molecule has 1 aromatic heterocycles. The van der Waals surface area contributed by atoms with Gasteiger partial charge in [0.05, 0.1) is 5.03 Å². The Morgan fingerprint density at radius 2 is 1.81 bits per heavy atom. The molecule has 110 valence electrons. The van der Waals surface area contributed by atoms with Crippen LogP contribution in [-0.2, 0) is 25.1 Å². The highest BCUT2D eigenvalue weighted by Crippen LogP contribution is 2.31. The number of thioether (sulfide) groups is 1. The molecular weight excluding hydrogens is 280 g/mol. The Balaban J connectivity index is 1.92. The lowest BCUT2D eigenvalue weighted by Crippen LogP contribution is -2.23. The SMILES string of the molecule is NCc1c2c(c(SCc3ccccc3)[nH]c1=O)CCCC2. The minimum Gasteiger partial charge on any atom is -0.326 e. The van der Waals surface area contributed by atoms with Crippen LogP contribution in [0.15, 0.2) is 40.2 Å². The molecule has 0 saturated heterocycles. The van der Waals surface area contributed by atoms with E-state index in [1.165, 1.54) is 23.1 Å². The molecule has 3 N–H and O–H groups in total. The predicted octanol–water partition coefficient (Wildman–Crippen LogP) is 3.00. The van der Waals surface area contributed by atoms with Crippen LogP contribution in [0.25, 0.3) is 0 Å². The summed E-state index contributed by atoms with van der Waals surface area (Å²) in [4.78, 5) is 15.3. The van der Waals surface area contributed by atoms with Gasteiger partial charge in [0.15, 0.2) is 0 Å². The third-order valence-corrected chi connectivity index (χ3v) is 5.15. The topological polar surface area (TPSA) is 58.9 Å². The first kappa shape index (κ1) is 14.4. The summed E-state index contributed by atoms with van der Waals surface area (Å²) in [5.74, 6) is 0.880. The van der Waals surface area contributed by atoms with Gasteiger partial charge in [-0.3, -0.25) is 4.79 Å². The van der Waals surface area contributed by atoms with Gasteiger partial charge in [0.1, 0.15) is 0 Å². The van der Waals surface area contributed by atoms with E-state index in [-0.39, 0.29) is 5.56 Å². The van der Waals surface area contributed by atoms with Gasteiger partial charge in [-0.15, -0.1) is 11.8 Å². The lowest BCUT2D eigenvalue weighted by atomic mass is 9.90. The van der Waals surface area contributed by atoms with Crippen molar-refractivity contribution in [3.63, 3.8) is 0 Å². The number of H-pyrrole nitrogens is 1. The molecule has 0 unspecified atom stereocenters. The fourth-order valence-electron chi connectivity index (χ4n) is 2.95. The molecule has 0 saturated carbocycles. The van der Waals surface area contributed by atoms with Crippen molar-refractivity contribution in [3.05, 3.63) is 62.9 Å². The smallest absolute Gasteiger partial charge is 0.253 e. The zero-order valence-corrected chi connectivity index (χ0v) is 12.8. The van der Waals surface area contributed by atoms with Crippen LogP contribution in [0, 0.1) is 0 Å². The van der Waals surface area contributed by atoms with E-state index in [2.05, 4.69) is 17.1 Å². The summed E-state index contributed by atoms with van der Waals surface area (Å²) in [6.45, 7) is 0.335. The van der Waals surface area contributed by atoms with Gasteiger partial charge in [-0.05, 0) is 42.4 Å². The van der Waals surface area contributed by atoms with Gasteiger partial charge < -0.3 is 10.7 Å². The Bertz CT molecular complexity index is 679. The van der Waals surface area contributed by atoms with Crippen LogP contribution < -0.4 is 11.3 Å². The van der Waals surface area contributed by atoms with Gasteiger partial charge in [-0.1, -0.05) is 30.3 Å². The summed E-state index contributed by atoms with van der Waals surface area (Å²) in [6, 6.07) is 10.4. The van der Waals surface area contributed by atoms with E-state index in [9.17, 15) is 4.79 Å². The first-order valence-corrected chi connectivity index (χ1v) is 8.42. The maximum atomic E-state index is 12.2. The molecule has 1 heterocycles. The highest BCUT2D eigenvalue weighted by Gasteiger charge is 2.19. The first-order chi connectivity index (χ1) is 10.3. The molecule has 1 aliphatic carbocycles. The van der Waals surface area contributed by atoms with E-state index >= 15 is 0 Å². The number of rotatable bonds is 4. The maximum absolute atomic E-state index is 12.2. The quantitative estimate of drug-likeness (QED) is 0.853. The maximum Gasteiger partial charge on any atom is 0.253 e. The summed E-state index contributed by atoms with van der Waals surface area (Å²) in [5.41, 5.74) is 10.3. The van der Waals surface area contributed by atoms with Crippen molar-refractivity contribution in [2.75, 3.05) is 0 Å². The van der Waals surface area contributed by atoms with Gasteiger partial charge >= 0.3 is 0 Å². The third kappa shape index (κ3) is 3.06. The molecule has 0 atom stereocenters. The van der Waals surface area contributed by atoms with Crippen LogP contribution in [0.3, 0.4) is 0 Å². The Labute approximate surface area is 129 Å². The number of pyridine rings is 1. The van der Waals surface area contributed by atoms with Gasteiger partial charge in [-0.2, -0.15) is 0 Å². The molecule has 21 heavy (non-hydrogen) atoms. The van der Waals surface area contributed by atoms with E-state index < -0.39 is 0 Å². The monoisotopic (exact) mass is 300 g/mol. The molecule has 0 radical (unpaired) electrons. The standard InChI is InChI=1S/C17H20N2OS/c18-10-15-13-8-4-5-9-14(13)17(19-16(15)20)21-11-12-6-2-1-3-7-12/h1-3,6-7H,4-5,8-11,18H2,(H,19,20). The molecular formula is C17H20N2OS. The average Bonchev–Trinajstić information content (AvgIpc) is 2.54. The van der Waals surface area contributed by atoms with Crippen molar-refractivity contribution >= 4 is 11.8 Å². The van der Waals surface area contributed by atoms with E-state index in [0.717, 1.165) is 35.6 Å². The minimum absolute atomic E-state index is 0.00582. The van der Waals surface area contributed by atoms with E-state index in [1.54, 1.807) is 11.8 Å². The number of nitrogens with two attached hydrogens (primary N) is 1. The number of aromatic amines is 1. The number of benzene rings is 1. The fraction of sp³-hybridized carbons (Fsp3) is 0.353. The van der Waals surface area contributed by atoms with Crippen LogP contribution in [0.4, 0.5) is 0 Å². The molecule has 0 bridgehead atoms. The molecule has 4 heteroatoms. The second-order valence-electron chi connectivity index (χ2n) is 5.40. The number of hydrogen-bond donors (Lipinski definition) is 2. The van der Waals surface area contributed by atoms with E-state index in [1.807, 2.05) is 18.2 Å². The second kappa shape index (κ2) is 6.50. The molecule has 3 rings (SSSR count). The molecule has 2 aromatic rings. The predicted molar refractivity (Wildman–Crippen MR) is 87.6 cm³/mol. The largest absolute Gasteiger partial charge is 0.326 e. The van der Waals surface area contributed by atoms with Crippen molar-refractivity contribution in [1.82, 2.24) is 4.98 Å². The van der Waals surface area contributed by atoms with Gasteiger partial charge in [-0.25, -0.2) is 0 Å². The molecule has 1 aliphatic rings. The highest BCUT2D eigenvalue weighted by molar-refractivity contribution is 7.98. The lowest BCUT2D eigenvalue weighted by molar-refractivity contribution is 0.655. The van der Waals surface area contributed by atoms with Crippen LogP contribution in [0.5, 0.6) is 0 Å². The summed E-state index contributed by atoms with van der Waals surface area (Å²) in [5, 5.41) is 1.04. The fourth-order valence-corrected chi connectivity index (χ4v) is 4.02. The summed E-state index contributed by atoms with van der Waals surface area (Å²) in [7, 11) is 0. The van der Waals surface area contributed by atoms with Crippen LogP contribution in [-0.4, -0.2) is 4.98 Å². The highest BCUT2D eigenvalue weighted by atomic mass is 32.2. The zero-order chi connectivity index (χ0) is 14.7. The third-order valence-electron chi connectivity index (χ3n) is 4.04. The summed E-state index contributed by atoms with van der Waals surface area (Å²) in [6.07, 6.45) is 4.40. The molecule has 0 amide bonds. The summed E-state index contributed by atoms with van der Waals surface area (Å²) >= 11 is 1.73. The Hall–Kier alpha value is -1.52. The van der Waals surface area contributed by atoms with Crippen molar-refractivity contribution in [3.8, 4) is 0 Å². The molecule has 0 aliphatic heterocycles. The van der Waals surface area contributed by atoms with E-state index in [0.29, 0.717) is 6.54 Å². The van der Waals surface area contributed by atoms with Crippen LogP contribution in [0.2, 0.25) is 0 Å². The molecule has 0 fully saturated rings. The summed E-state index contributed by atoms with van der Waals surface area (Å²) < 4.78 is 0. The average molecular weight is 300 g/mol. The van der Waals surface area contributed by atoms with Crippen molar-refractivity contribution in [2.45, 2.75) is 43.0 Å². The molecule has 1 aromatic carbocycles. The number of nitrogens with one attached hydrogen (secondary N) is 1. The lowest BCUT2D eigenvalue weighted by Gasteiger charge is -2.21. The van der Waals surface area contributed by atoms with Crippen molar-refractivity contribution in [2.24, 2.45) is 5.73 Å². The number of aromatic nitrogens is 1. The number of hydrogen-bond acceptors (Lipinski definition) is 3.